The second-order valence-electron chi connectivity index (χ2n) is 6.00. The maximum absolute atomic E-state index is 12.1. The first-order valence-corrected chi connectivity index (χ1v) is 8.88. The summed E-state index contributed by atoms with van der Waals surface area (Å²) >= 11 is 0. The summed E-state index contributed by atoms with van der Waals surface area (Å²) in [6.45, 7) is 0.463. The molecule has 1 aromatic carbocycles. The molecule has 0 fully saturated rings. The first-order chi connectivity index (χ1) is 13.6. The van der Waals surface area contributed by atoms with E-state index in [-0.39, 0.29) is 31.9 Å². The van der Waals surface area contributed by atoms with Gasteiger partial charge in [-0.05, 0) is 12.0 Å². The first kappa shape index (κ1) is 20.9. The van der Waals surface area contributed by atoms with Gasteiger partial charge in [0.2, 0.25) is 5.91 Å². The number of aromatic nitrogens is 2. The number of nitrogens with one attached hydrogen (secondary N) is 3. The van der Waals surface area contributed by atoms with Gasteiger partial charge in [0, 0.05) is 25.6 Å². The number of carbonyl (C=O) groups is 3. The molecule has 0 bridgehead atoms. The number of carbonyl (C=O) groups excluding carboxylic acids is 3. The van der Waals surface area contributed by atoms with Crippen molar-refractivity contribution >= 4 is 18.0 Å². The summed E-state index contributed by atoms with van der Waals surface area (Å²) in [5.74, 6) is -0.857. The molecule has 9 heteroatoms. The zero-order chi connectivity index (χ0) is 20.2. The van der Waals surface area contributed by atoms with Crippen LogP contribution in [0.15, 0.2) is 42.9 Å². The van der Waals surface area contributed by atoms with Crippen LogP contribution in [-0.4, -0.2) is 47.6 Å². The first-order valence-electron chi connectivity index (χ1n) is 8.88. The molecular formula is C19H24N4O5. The number of imidazole rings is 1. The molecule has 2 aromatic rings. The van der Waals surface area contributed by atoms with Crippen molar-refractivity contribution in [1.29, 1.82) is 0 Å². The minimum Gasteiger partial charge on any atom is -0.467 e. The van der Waals surface area contributed by atoms with Crippen LogP contribution in [0, 0.1) is 0 Å². The zero-order valence-electron chi connectivity index (χ0n) is 15.6. The summed E-state index contributed by atoms with van der Waals surface area (Å²) in [6, 6.07) is 8.51. The fourth-order valence-electron chi connectivity index (χ4n) is 2.43. The Morgan fingerprint density at radius 2 is 2.00 bits per heavy atom. The molecule has 0 spiro atoms. The van der Waals surface area contributed by atoms with Crippen molar-refractivity contribution in [3.63, 3.8) is 0 Å². The Morgan fingerprint density at radius 1 is 1.21 bits per heavy atom. The van der Waals surface area contributed by atoms with Gasteiger partial charge in [-0.25, -0.2) is 14.6 Å². The highest BCUT2D eigenvalue weighted by Gasteiger charge is 2.22. The highest BCUT2D eigenvalue weighted by Crippen LogP contribution is 2.02. The Balaban J connectivity index is 1.65. The molecule has 2 amide bonds. The van der Waals surface area contributed by atoms with Gasteiger partial charge < -0.3 is 25.1 Å². The number of aromatic amines is 1. The Hall–Kier alpha value is -3.36. The average molecular weight is 388 g/mol. The predicted molar refractivity (Wildman–Crippen MR) is 100 cm³/mol. The van der Waals surface area contributed by atoms with Crippen molar-refractivity contribution in [2.24, 2.45) is 0 Å². The number of amides is 2. The average Bonchev–Trinajstić information content (AvgIpc) is 3.22. The van der Waals surface area contributed by atoms with Crippen molar-refractivity contribution < 1.29 is 23.9 Å². The lowest BCUT2D eigenvalue weighted by Gasteiger charge is -2.15. The number of H-pyrrole nitrogens is 1. The van der Waals surface area contributed by atoms with E-state index in [1.807, 2.05) is 30.3 Å². The predicted octanol–water partition coefficient (Wildman–Crippen LogP) is 1.32. The molecule has 1 atom stereocenters. The molecule has 9 nitrogen and oxygen atoms in total. The number of ether oxygens (including phenoxy) is 2. The van der Waals surface area contributed by atoms with Crippen LogP contribution in [0.25, 0.3) is 0 Å². The van der Waals surface area contributed by atoms with Crippen molar-refractivity contribution in [1.82, 2.24) is 20.6 Å². The molecule has 150 valence electrons. The van der Waals surface area contributed by atoms with E-state index in [4.69, 9.17) is 9.47 Å². The minimum atomic E-state index is -0.815. The second kappa shape index (κ2) is 11.4. The van der Waals surface area contributed by atoms with Crippen LogP contribution in [0.5, 0.6) is 0 Å². The SMILES string of the molecule is COC(=O)C(Cc1c[nH]cn1)NC(=O)CCCNC(=O)OCc1ccccc1. The lowest BCUT2D eigenvalue weighted by molar-refractivity contribution is -0.145. The molecule has 0 radical (unpaired) electrons. The highest BCUT2D eigenvalue weighted by molar-refractivity contribution is 5.84. The van der Waals surface area contributed by atoms with Gasteiger partial charge in [0.1, 0.15) is 12.6 Å². The number of methoxy groups -OCH3 is 1. The number of esters is 1. The third-order valence-electron chi connectivity index (χ3n) is 3.85. The summed E-state index contributed by atoms with van der Waals surface area (Å²) in [5.41, 5.74) is 1.53. The molecule has 28 heavy (non-hydrogen) atoms. The van der Waals surface area contributed by atoms with Crippen molar-refractivity contribution in [3.8, 4) is 0 Å². The van der Waals surface area contributed by atoms with Crippen LogP contribution >= 0.6 is 0 Å². The Labute approximate surface area is 162 Å². The molecule has 0 aliphatic carbocycles. The van der Waals surface area contributed by atoms with Crippen LogP contribution in [0.2, 0.25) is 0 Å². The number of benzene rings is 1. The van der Waals surface area contributed by atoms with Crippen LogP contribution in [0.4, 0.5) is 4.79 Å². The maximum Gasteiger partial charge on any atom is 0.407 e. The molecule has 0 saturated heterocycles. The Kier molecular flexibility index (Phi) is 8.51. The minimum absolute atomic E-state index is 0.146. The zero-order valence-corrected chi connectivity index (χ0v) is 15.6. The smallest absolute Gasteiger partial charge is 0.407 e. The van der Waals surface area contributed by atoms with Crippen molar-refractivity contribution in [2.45, 2.75) is 31.9 Å². The fourth-order valence-corrected chi connectivity index (χ4v) is 2.43. The molecule has 1 aromatic heterocycles. The molecule has 0 aliphatic rings. The second-order valence-corrected chi connectivity index (χ2v) is 6.00. The standard InChI is InChI=1S/C19H24N4O5/c1-27-18(25)16(10-15-11-20-13-22-15)23-17(24)8-5-9-21-19(26)28-12-14-6-3-2-4-7-14/h2-4,6-7,11,13,16H,5,8-10,12H2,1H3,(H,20,22)(H,21,26)(H,23,24). The Bertz CT molecular complexity index is 749. The summed E-state index contributed by atoms with van der Waals surface area (Å²) in [6.07, 6.45) is 3.37. The summed E-state index contributed by atoms with van der Waals surface area (Å²) in [4.78, 5) is 42.4. The van der Waals surface area contributed by atoms with E-state index in [0.29, 0.717) is 12.1 Å². The van der Waals surface area contributed by atoms with E-state index in [9.17, 15) is 14.4 Å². The summed E-state index contributed by atoms with van der Waals surface area (Å²) < 4.78 is 9.80. The topological polar surface area (TPSA) is 122 Å². The maximum atomic E-state index is 12.1. The normalized spacial score (nSPS) is 11.3. The van der Waals surface area contributed by atoms with Crippen molar-refractivity contribution in [3.05, 3.63) is 54.1 Å². The van der Waals surface area contributed by atoms with E-state index in [0.717, 1.165) is 5.56 Å². The van der Waals surface area contributed by atoms with Gasteiger partial charge in [-0.1, -0.05) is 30.3 Å². The number of nitrogens with zero attached hydrogens (tertiary/aromatic N) is 1. The van der Waals surface area contributed by atoms with Crippen LogP contribution in [-0.2, 0) is 32.1 Å². The molecule has 0 aliphatic heterocycles. The van der Waals surface area contributed by atoms with E-state index in [1.54, 1.807) is 6.20 Å². The van der Waals surface area contributed by atoms with Gasteiger partial charge in [0.25, 0.3) is 0 Å². The summed E-state index contributed by atoms with van der Waals surface area (Å²) in [7, 11) is 1.26. The van der Waals surface area contributed by atoms with Gasteiger partial charge in [-0.15, -0.1) is 0 Å². The van der Waals surface area contributed by atoms with E-state index in [2.05, 4.69) is 20.6 Å². The van der Waals surface area contributed by atoms with Gasteiger partial charge in [-0.3, -0.25) is 4.79 Å². The van der Waals surface area contributed by atoms with Gasteiger partial charge >= 0.3 is 12.1 Å². The van der Waals surface area contributed by atoms with Gasteiger partial charge in [-0.2, -0.15) is 0 Å². The Morgan fingerprint density at radius 3 is 2.68 bits per heavy atom. The molecule has 2 rings (SSSR count). The largest absolute Gasteiger partial charge is 0.467 e. The van der Waals surface area contributed by atoms with E-state index < -0.39 is 18.1 Å². The van der Waals surface area contributed by atoms with Gasteiger partial charge in [0.15, 0.2) is 0 Å². The van der Waals surface area contributed by atoms with Gasteiger partial charge in [0.05, 0.1) is 19.1 Å². The molecule has 1 unspecified atom stereocenters. The lowest BCUT2D eigenvalue weighted by atomic mass is 10.1. The number of rotatable bonds is 10. The fraction of sp³-hybridized carbons (Fsp3) is 0.368. The molecule has 3 N–H and O–H groups in total. The highest BCUT2D eigenvalue weighted by atomic mass is 16.5. The molecule has 1 heterocycles. The lowest BCUT2D eigenvalue weighted by Crippen LogP contribution is -2.43. The van der Waals surface area contributed by atoms with E-state index in [1.165, 1.54) is 13.4 Å². The third kappa shape index (κ3) is 7.48. The third-order valence-corrected chi connectivity index (χ3v) is 3.85. The number of hydrogen-bond acceptors (Lipinski definition) is 6. The van der Waals surface area contributed by atoms with Crippen LogP contribution < -0.4 is 10.6 Å². The molecule has 0 saturated carbocycles. The quantitative estimate of drug-likeness (QED) is 0.417. The van der Waals surface area contributed by atoms with Crippen LogP contribution in [0.1, 0.15) is 24.1 Å². The number of hydrogen-bond donors (Lipinski definition) is 3. The van der Waals surface area contributed by atoms with Crippen molar-refractivity contribution in [2.75, 3.05) is 13.7 Å². The summed E-state index contributed by atoms with van der Waals surface area (Å²) in [5, 5.41) is 5.21. The monoisotopic (exact) mass is 388 g/mol. The number of alkyl carbamates (subject to hydrolysis) is 1. The van der Waals surface area contributed by atoms with Crippen LogP contribution in [0.3, 0.4) is 0 Å². The molecular weight excluding hydrogens is 364 g/mol. The van der Waals surface area contributed by atoms with E-state index >= 15 is 0 Å².